The van der Waals surface area contributed by atoms with E-state index >= 15 is 0 Å². The summed E-state index contributed by atoms with van der Waals surface area (Å²) in [7, 11) is 0. The molecule has 0 atom stereocenters. The molecule has 186 valence electrons. The van der Waals surface area contributed by atoms with Gasteiger partial charge in [0.25, 0.3) is 0 Å². The van der Waals surface area contributed by atoms with Crippen LogP contribution in [0, 0.1) is 0 Å². The topological polar surface area (TPSA) is 40.5 Å². The Kier molecular flexibility index (Phi) is 5.95. The maximum atomic E-state index is 11.4. The summed E-state index contributed by atoms with van der Waals surface area (Å²) in [5.41, 5.74) is 1.34. The molecule has 2 nitrogen and oxygen atoms in total. The molecule has 0 bridgehead atoms. The molecule has 6 aromatic rings. The fraction of sp³-hybridized carbons (Fsp3) is 0. The molecule has 6 aromatic carbocycles. The van der Waals surface area contributed by atoms with Gasteiger partial charge in [-0.3, -0.25) is 0 Å². The van der Waals surface area contributed by atoms with Crippen LogP contribution in [-0.4, -0.2) is 10.2 Å². The monoisotopic (exact) mass is 532 g/mol. The summed E-state index contributed by atoms with van der Waals surface area (Å²) in [4.78, 5) is 0. The van der Waals surface area contributed by atoms with Gasteiger partial charge in [-0.05, 0) is 0 Å². The minimum atomic E-state index is -3.91. The van der Waals surface area contributed by atoms with Crippen LogP contribution in [0.5, 0.6) is 11.5 Å². The number of benzene rings is 6. The van der Waals surface area contributed by atoms with E-state index in [9.17, 15) is 10.2 Å². The first-order chi connectivity index (χ1) is 18.5. The molecule has 0 amide bonds. The van der Waals surface area contributed by atoms with Crippen LogP contribution < -0.4 is 21.2 Å². The van der Waals surface area contributed by atoms with Crippen molar-refractivity contribution in [1.82, 2.24) is 0 Å². The van der Waals surface area contributed by atoms with Crippen molar-refractivity contribution in [1.29, 1.82) is 0 Å². The van der Waals surface area contributed by atoms with Gasteiger partial charge < -0.3 is 0 Å². The molecule has 0 aliphatic heterocycles. The Hall–Kier alpha value is -4.10. The summed E-state index contributed by atoms with van der Waals surface area (Å²) in [5.74, 6) is -4.23. The molecule has 38 heavy (non-hydrogen) atoms. The molecule has 0 radical (unpaired) electrons. The third-order valence-electron chi connectivity index (χ3n) is 7.35. The van der Waals surface area contributed by atoms with E-state index < -0.39 is 5.96 Å². The Morgan fingerprint density at radius 2 is 0.947 bits per heavy atom. The van der Waals surface area contributed by atoms with E-state index in [2.05, 4.69) is 42.5 Å². The van der Waals surface area contributed by atoms with Gasteiger partial charge in [0.2, 0.25) is 0 Å². The average Bonchev–Trinajstić information content (AvgIpc) is 2.99. The Labute approximate surface area is 227 Å². The fourth-order valence-corrected chi connectivity index (χ4v) is 12.0. The Balaban J connectivity index is 1.86. The average molecular weight is 533 g/mol. The third kappa shape index (κ3) is 3.45. The zero-order valence-electron chi connectivity index (χ0n) is 20.6. The van der Waals surface area contributed by atoms with Gasteiger partial charge in [-0.1, -0.05) is 0 Å². The van der Waals surface area contributed by atoms with Gasteiger partial charge in [-0.2, -0.15) is 0 Å². The summed E-state index contributed by atoms with van der Waals surface area (Å²) in [6, 6.07) is 48.1. The first-order valence-corrected chi connectivity index (χ1v) is 15.6. The Bertz CT molecular complexity index is 1650. The fourth-order valence-electron chi connectivity index (χ4n) is 5.63. The molecule has 0 spiro atoms. The molecule has 0 saturated heterocycles. The number of phenolic OH excluding ortho intramolecular Hbond substituents is 2. The summed E-state index contributed by atoms with van der Waals surface area (Å²) in [5, 5.41) is 27.7. The van der Waals surface area contributed by atoms with Crippen molar-refractivity contribution < 1.29 is 10.2 Å². The van der Waals surface area contributed by atoms with E-state index in [1.54, 1.807) is 6.07 Å². The van der Waals surface area contributed by atoms with E-state index in [1.165, 1.54) is 0 Å². The Morgan fingerprint density at radius 3 is 1.50 bits per heavy atom. The maximum absolute atomic E-state index is 11.4. The number of rotatable bonds is 5. The van der Waals surface area contributed by atoms with Crippen molar-refractivity contribution in [3.8, 4) is 22.6 Å². The van der Waals surface area contributed by atoms with Crippen molar-refractivity contribution in [2.75, 3.05) is 0 Å². The van der Waals surface area contributed by atoms with Gasteiger partial charge in [-0.15, -0.1) is 0 Å². The van der Waals surface area contributed by atoms with Crippen molar-refractivity contribution in [3.05, 3.63) is 146 Å². The van der Waals surface area contributed by atoms with E-state index in [4.69, 9.17) is 11.2 Å². The van der Waals surface area contributed by atoms with Crippen LogP contribution in [0.15, 0.2) is 146 Å². The molecule has 4 heteroatoms. The molecular weight excluding hydrogens is 507 g/mol. The molecule has 0 fully saturated rings. The van der Waals surface area contributed by atoms with Crippen molar-refractivity contribution in [2.45, 2.75) is 0 Å². The minimum absolute atomic E-state index is 0.160. The van der Waals surface area contributed by atoms with E-state index in [0.717, 1.165) is 37.6 Å². The third-order valence-corrected chi connectivity index (χ3v) is 14.8. The van der Waals surface area contributed by atoms with Crippen LogP contribution in [0.25, 0.3) is 21.9 Å². The number of halogens is 1. The normalized spacial score (nSPS) is 12.6. The quantitative estimate of drug-likeness (QED) is 0.182. The van der Waals surface area contributed by atoms with Gasteiger partial charge in [0.15, 0.2) is 0 Å². The van der Waals surface area contributed by atoms with Gasteiger partial charge in [-0.25, -0.2) is 0 Å². The van der Waals surface area contributed by atoms with Crippen molar-refractivity contribution >= 4 is 49.2 Å². The van der Waals surface area contributed by atoms with Crippen LogP contribution in [0.2, 0.25) is 0 Å². The van der Waals surface area contributed by atoms with Crippen LogP contribution in [-0.2, 0) is 0 Å². The van der Waals surface area contributed by atoms with E-state index in [1.807, 2.05) is 97.1 Å². The number of hydrogen-bond acceptors (Lipinski definition) is 2. The van der Waals surface area contributed by atoms with Gasteiger partial charge >= 0.3 is 228 Å². The van der Waals surface area contributed by atoms with Gasteiger partial charge in [0.05, 0.1) is 0 Å². The Morgan fingerprint density at radius 1 is 0.500 bits per heavy atom. The van der Waals surface area contributed by atoms with Crippen LogP contribution >= 0.6 is 17.2 Å². The second-order valence-corrected chi connectivity index (χ2v) is 15.5. The second kappa shape index (κ2) is 9.33. The molecule has 0 saturated carbocycles. The predicted octanol–water partition coefficient (Wildman–Crippen LogP) is 7.23. The molecule has 6 rings (SSSR count). The SMILES string of the molecule is Oc1cc2ccccc2c(-c2ccccc2P(Cl)(c2ccccc2)(c2ccccc2)c2ccccc2)c1O. The second-order valence-electron chi connectivity index (χ2n) is 9.37. The summed E-state index contributed by atoms with van der Waals surface area (Å²) in [6.45, 7) is 0. The molecular formula is C34H26ClO2P. The molecule has 0 aliphatic rings. The zero-order chi connectivity index (χ0) is 26.2. The number of fused-ring (bicyclic) bond motifs is 1. The van der Waals surface area contributed by atoms with Crippen molar-refractivity contribution in [3.63, 3.8) is 0 Å². The van der Waals surface area contributed by atoms with Gasteiger partial charge in [0.1, 0.15) is 0 Å². The molecule has 0 aromatic heterocycles. The van der Waals surface area contributed by atoms with Gasteiger partial charge in [0, 0.05) is 0 Å². The first kappa shape index (κ1) is 24.2. The van der Waals surface area contributed by atoms with Crippen LogP contribution in [0.4, 0.5) is 0 Å². The molecule has 0 aliphatic carbocycles. The first-order valence-electron chi connectivity index (χ1n) is 12.5. The van der Waals surface area contributed by atoms with Crippen molar-refractivity contribution in [2.24, 2.45) is 0 Å². The number of phenols is 2. The summed E-state index contributed by atoms with van der Waals surface area (Å²) >= 11 is 8.48. The predicted molar refractivity (Wildman–Crippen MR) is 163 cm³/mol. The van der Waals surface area contributed by atoms with E-state index in [0.29, 0.717) is 5.56 Å². The summed E-state index contributed by atoms with van der Waals surface area (Å²) in [6.07, 6.45) is 0. The standard InChI is InChI=1S/C34H26ClO2P/c35-38(26-15-4-1-5-16-26,27-17-6-2-7-18-27,28-19-8-3-9-20-28)32-23-13-12-22-30(32)33-29-21-11-10-14-25(29)24-31(36)34(33)37/h1-24,36-37H. The molecule has 0 heterocycles. The summed E-state index contributed by atoms with van der Waals surface area (Å²) < 4.78 is 0. The molecule has 0 unspecified atom stereocenters. The van der Waals surface area contributed by atoms with Crippen LogP contribution in [0.1, 0.15) is 0 Å². The molecule has 2 N–H and O–H groups in total. The zero-order valence-corrected chi connectivity index (χ0v) is 22.2. The number of hydrogen-bond donors (Lipinski definition) is 2. The van der Waals surface area contributed by atoms with Crippen LogP contribution in [0.3, 0.4) is 0 Å². The number of aromatic hydroxyl groups is 2. The van der Waals surface area contributed by atoms with E-state index in [-0.39, 0.29) is 11.5 Å².